The van der Waals surface area contributed by atoms with Crippen LogP contribution >= 0.6 is 0 Å². The van der Waals surface area contributed by atoms with Crippen LogP contribution in [-0.4, -0.2) is 24.0 Å². The summed E-state index contributed by atoms with van der Waals surface area (Å²) < 4.78 is 0. The van der Waals surface area contributed by atoms with Crippen LogP contribution in [0, 0.1) is 0 Å². The van der Waals surface area contributed by atoms with Gasteiger partial charge in [0.15, 0.2) is 6.10 Å². The molecular weight excluding hydrogens is 352 g/mol. The van der Waals surface area contributed by atoms with Crippen molar-refractivity contribution in [3.05, 3.63) is 90.0 Å². The number of hydrogen-bond acceptors (Lipinski definition) is 3. The molecule has 28 heavy (non-hydrogen) atoms. The summed E-state index contributed by atoms with van der Waals surface area (Å²) in [7, 11) is 1.69. The van der Waals surface area contributed by atoms with Gasteiger partial charge in [-0.25, -0.2) is 0 Å². The van der Waals surface area contributed by atoms with Crippen LogP contribution in [0.4, 0.5) is 5.69 Å². The highest BCUT2D eigenvalue weighted by Gasteiger charge is 2.34. The number of hydrogen-bond donors (Lipinski definition) is 2. The fourth-order valence-corrected chi connectivity index (χ4v) is 3.58. The van der Waals surface area contributed by atoms with Gasteiger partial charge in [0.1, 0.15) is 6.04 Å². The molecule has 0 fully saturated rings. The van der Waals surface area contributed by atoms with E-state index < -0.39 is 18.1 Å². The number of para-hydroxylation sites is 1. The summed E-state index contributed by atoms with van der Waals surface area (Å²) in [5.74, 6) is -0.871. The minimum Gasteiger partial charge on any atom is -0.378 e. The van der Waals surface area contributed by atoms with Crippen LogP contribution in [-0.2, 0) is 9.59 Å². The highest BCUT2D eigenvalue weighted by molar-refractivity contribution is 6.06. The number of amides is 2. The van der Waals surface area contributed by atoms with Crippen molar-refractivity contribution >= 4 is 17.5 Å². The van der Waals surface area contributed by atoms with Gasteiger partial charge in [0.2, 0.25) is 0 Å². The minimum absolute atomic E-state index is 0.258. The van der Waals surface area contributed by atoms with Crippen molar-refractivity contribution in [3.63, 3.8) is 0 Å². The average Bonchev–Trinajstić information content (AvgIpc) is 2.84. The fraction of sp³-hybridized carbons (Fsp3) is 0.130. The van der Waals surface area contributed by atoms with Gasteiger partial charge in [-0.2, -0.15) is 0 Å². The maximum atomic E-state index is 13.2. The SMILES string of the molecule is CN1C(=O)C(NC(=O)[C@H](O)c2ccccc2)c2ccccc2-c2ccccc21. The fourth-order valence-electron chi connectivity index (χ4n) is 3.58. The Morgan fingerprint density at radius 3 is 2.29 bits per heavy atom. The molecular formula is C23H20N2O3. The van der Waals surface area contributed by atoms with Crippen molar-refractivity contribution in [1.29, 1.82) is 0 Å². The highest BCUT2D eigenvalue weighted by atomic mass is 16.3. The molecule has 5 heteroatoms. The van der Waals surface area contributed by atoms with Crippen LogP contribution in [0.1, 0.15) is 23.3 Å². The number of anilines is 1. The molecule has 3 aromatic carbocycles. The van der Waals surface area contributed by atoms with E-state index in [-0.39, 0.29) is 5.91 Å². The predicted octanol–water partition coefficient (Wildman–Crippen LogP) is 3.22. The second kappa shape index (κ2) is 7.29. The van der Waals surface area contributed by atoms with Gasteiger partial charge >= 0.3 is 0 Å². The summed E-state index contributed by atoms with van der Waals surface area (Å²) in [6, 6.07) is 22.9. The normalized spacial score (nSPS) is 16.6. The quantitative estimate of drug-likeness (QED) is 0.742. The van der Waals surface area contributed by atoms with Crippen molar-refractivity contribution in [3.8, 4) is 11.1 Å². The third-order valence-corrected chi connectivity index (χ3v) is 5.06. The molecule has 3 aromatic rings. The Labute approximate surface area is 163 Å². The lowest BCUT2D eigenvalue weighted by molar-refractivity contribution is -0.133. The molecule has 0 radical (unpaired) electrons. The van der Waals surface area contributed by atoms with E-state index >= 15 is 0 Å². The Kier molecular flexibility index (Phi) is 4.67. The number of aliphatic hydroxyl groups excluding tert-OH is 1. The Balaban J connectivity index is 1.73. The number of carbonyl (C=O) groups excluding carboxylic acids is 2. The molecule has 2 N–H and O–H groups in total. The third kappa shape index (κ3) is 3.06. The Morgan fingerprint density at radius 1 is 0.929 bits per heavy atom. The number of nitrogens with one attached hydrogen (secondary N) is 1. The summed E-state index contributed by atoms with van der Waals surface area (Å²) in [5, 5.41) is 13.2. The van der Waals surface area contributed by atoms with Crippen LogP contribution in [0.2, 0.25) is 0 Å². The van der Waals surface area contributed by atoms with E-state index in [4.69, 9.17) is 0 Å². The van der Waals surface area contributed by atoms with E-state index in [2.05, 4.69) is 5.32 Å². The molecule has 140 valence electrons. The van der Waals surface area contributed by atoms with Gasteiger partial charge in [-0.05, 0) is 22.8 Å². The molecule has 1 aliphatic rings. The standard InChI is InChI=1S/C23H20N2O3/c1-25-19-14-8-7-12-17(19)16-11-5-6-13-18(16)20(23(25)28)24-22(27)21(26)15-9-3-2-4-10-15/h2-14,20-21,26H,1H3,(H,24,27)/t20?,21-/m1/s1. The first-order valence-electron chi connectivity index (χ1n) is 9.07. The van der Waals surface area contributed by atoms with Gasteiger partial charge in [0, 0.05) is 12.6 Å². The van der Waals surface area contributed by atoms with Crippen molar-refractivity contribution in [1.82, 2.24) is 5.32 Å². The highest BCUT2D eigenvalue weighted by Crippen LogP contribution is 2.39. The van der Waals surface area contributed by atoms with Gasteiger partial charge in [-0.15, -0.1) is 0 Å². The summed E-state index contributed by atoms with van der Waals surface area (Å²) in [4.78, 5) is 27.5. The molecule has 2 amide bonds. The van der Waals surface area contributed by atoms with Crippen LogP contribution in [0.15, 0.2) is 78.9 Å². The molecule has 1 aliphatic heterocycles. The van der Waals surface area contributed by atoms with Gasteiger partial charge in [-0.1, -0.05) is 72.8 Å². The second-order valence-corrected chi connectivity index (χ2v) is 6.76. The zero-order valence-electron chi connectivity index (χ0n) is 15.4. The summed E-state index contributed by atoms with van der Waals surface area (Å²) in [5.41, 5.74) is 3.77. The molecule has 2 atom stereocenters. The van der Waals surface area contributed by atoms with Crippen LogP contribution in [0.25, 0.3) is 11.1 Å². The van der Waals surface area contributed by atoms with E-state index in [1.54, 1.807) is 36.2 Å². The molecule has 1 unspecified atom stereocenters. The number of fused-ring (bicyclic) bond motifs is 3. The lowest BCUT2D eigenvalue weighted by Crippen LogP contribution is -2.42. The van der Waals surface area contributed by atoms with E-state index in [1.165, 1.54) is 0 Å². The Bertz CT molecular complexity index is 1030. The topological polar surface area (TPSA) is 69.6 Å². The average molecular weight is 372 g/mol. The minimum atomic E-state index is -1.35. The Morgan fingerprint density at radius 2 is 1.54 bits per heavy atom. The van der Waals surface area contributed by atoms with Gasteiger partial charge < -0.3 is 15.3 Å². The van der Waals surface area contributed by atoms with Crippen molar-refractivity contribution in [2.75, 3.05) is 11.9 Å². The van der Waals surface area contributed by atoms with Crippen molar-refractivity contribution < 1.29 is 14.7 Å². The summed E-state index contributed by atoms with van der Waals surface area (Å²) >= 11 is 0. The molecule has 0 bridgehead atoms. The molecule has 0 aromatic heterocycles. The van der Waals surface area contributed by atoms with Crippen molar-refractivity contribution in [2.24, 2.45) is 0 Å². The second-order valence-electron chi connectivity index (χ2n) is 6.76. The van der Waals surface area contributed by atoms with Crippen LogP contribution < -0.4 is 10.2 Å². The zero-order valence-corrected chi connectivity index (χ0v) is 15.4. The number of aliphatic hydroxyl groups is 1. The molecule has 0 aliphatic carbocycles. The molecule has 4 rings (SSSR count). The van der Waals surface area contributed by atoms with Crippen LogP contribution in [0.3, 0.4) is 0 Å². The van der Waals surface area contributed by atoms with E-state index in [9.17, 15) is 14.7 Å². The molecule has 5 nitrogen and oxygen atoms in total. The number of nitrogens with zero attached hydrogens (tertiary/aromatic N) is 1. The Hall–Kier alpha value is -3.44. The first-order chi connectivity index (χ1) is 13.6. The van der Waals surface area contributed by atoms with E-state index in [0.29, 0.717) is 11.1 Å². The lowest BCUT2D eigenvalue weighted by Gasteiger charge is -2.24. The van der Waals surface area contributed by atoms with Gasteiger partial charge in [0.05, 0.1) is 5.69 Å². The van der Waals surface area contributed by atoms with Gasteiger partial charge in [-0.3, -0.25) is 9.59 Å². The molecule has 0 saturated carbocycles. The zero-order chi connectivity index (χ0) is 19.7. The molecule has 0 saturated heterocycles. The number of rotatable bonds is 3. The lowest BCUT2D eigenvalue weighted by atomic mass is 9.95. The van der Waals surface area contributed by atoms with E-state index in [0.717, 1.165) is 16.8 Å². The maximum Gasteiger partial charge on any atom is 0.254 e. The summed E-state index contributed by atoms with van der Waals surface area (Å²) in [6.45, 7) is 0. The first kappa shape index (κ1) is 17.9. The third-order valence-electron chi connectivity index (χ3n) is 5.06. The first-order valence-corrected chi connectivity index (χ1v) is 9.07. The van der Waals surface area contributed by atoms with Crippen LogP contribution in [0.5, 0.6) is 0 Å². The predicted molar refractivity (Wildman–Crippen MR) is 108 cm³/mol. The summed E-state index contributed by atoms with van der Waals surface area (Å²) in [6.07, 6.45) is -1.35. The van der Waals surface area contributed by atoms with Crippen molar-refractivity contribution in [2.45, 2.75) is 12.1 Å². The number of benzene rings is 3. The monoisotopic (exact) mass is 372 g/mol. The van der Waals surface area contributed by atoms with E-state index in [1.807, 2.05) is 54.6 Å². The molecule has 1 heterocycles. The largest absolute Gasteiger partial charge is 0.378 e. The number of likely N-dealkylation sites (N-methyl/N-ethyl adjacent to an activating group) is 1. The smallest absolute Gasteiger partial charge is 0.254 e. The van der Waals surface area contributed by atoms with Gasteiger partial charge in [0.25, 0.3) is 11.8 Å². The molecule has 0 spiro atoms. The number of carbonyl (C=O) groups is 2. The maximum absolute atomic E-state index is 13.2.